The average Bonchev–Trinajstić information content (AvgIpc) is 2.77. The summed E-state index contributed by atoms with van der Waals surface area (Å²) in [5, 5.41) is 6.67. The number of halogens is 3. The highest BCUT2D eigenvalue weighted by Crippen LogP contribution is 2.28. The number of rotatable bonds is 5. The van der Waals surface area contributed by atoms with E-state index in [1.165, 1.54) is 22.9 Å². The van der Waals surface area contributed by atoms with Crippen molar-refractivity contribution in [3.8, 4) is 5.75 Å². The zero-order valence-electron chi connectivity index (χ0n) is 11.0. The highest BCUT2D eigenvalue weighted by atomic mass is 35.5. The van der Waals surface area contributed by atoms with Gasteiger partial charge in [-0.2, -0.15) is 13.9 Å². The number of aromatic nitrogens is 2. The van der Waals surface area contributed by atoms with Gasteiger partial charge in [0.25, 0.3) is 0 Å². The summed E-state index contributed by atoms with van der Waals surface area (Å²) in [6, 6.07) is 5.81. The van der Waals surface area contributed by atoms with Crippen molar-refractivity contribution >= 4 is 23.2 Å². The molecule has 0 saturated heterocycles. The summed E-state index contributed by atoms with van der Waals surface area (Å²) >= 11 is 5.79. The molecule has 112 valence electrons. The second-order valence-electron chi connectivity index (χ2n) is 4.23. The molecule has 8 heteroatoms. The van der Waals surface area contributed by atoms with Gasteiger partial charge in [-0.25, -0.2) is 0 Å². The first-order valence-corrected chi connectivity index (χ1v) is 6.36. The van der Waals surface area contributed by atoms with Crippen molar-refractivity contribution in [3.63, 3.8) is 0 Å². The van der Waals surface area contributed by atoms with E-state index in [1.807, 2.05) is 6.92 Å². The third-order valence-electron chi connectivity index (χ3n) is 2.51. The Balaban J connectivity index is 1.99. The van der Waals surface area contributed by atoms with Crippen LogP contribution in [0.4, 0.5) is 14.5 Å². The van der Waals surface area contributed by atoms with E-state index in [0.717, 1.165) is 5.69 Å². The molecule has 5 nitrogen and oxygen atoms in total. The summed E-state index contributed by atoms with van der Waals surface area (Å²) in [4.78, 5) is 11.8. The largest absolute Gasteiger partial charge is 0.433 e. The molecule has 0 aliphatic heterocycles. The summed E-state index contributed by atoms with van der Waals surface area (Å²) in [7, 11) is 0. The van der Waals surface area contributed by atoms with Crippen molar-refractivity contribution in [2.75, 3.05) is 5.32 Å². The summed E-state index contributed by atoms with van der Waals surface area (Å²) in [5.74, 6) is -0.455. The van der Waals surface area contributed by atoms with Gasteiger partial charge in [-0.15, -0.1) is 0 Å². The number of hydrogen-bond donors (Lipinski definition) is 1. The van der Waals surface area contributed by atoms with E-state index in [-0.39, 0.29) is 23.2 Å². The van der Waals surface area contributed by atoms with Gasteiger partial charge in [0, 0.05) is 11.9 Å². The predicted molar refractivity (Wildman–Crippen MR) is 73.7 cm³/mol. The monoisotopic (exact) mass is 315 g/mol. The number of nitrogens with one attached hydrogen (secondary N) is 1. The highest BCUT2D eigenvalue weighted by Gasteiger charge is 2.10. The topological polar surface area (TPSA) is 56.2 Å². The van der Waals surface area contributed by atoms with Crippen LogP contribution in [0.3, 0.4) is 0 Å². The van der Waals surface area contributed by atoms with Gasteiger partial charge in [0.2, 0.25) is 5.91 Å². The molecular weight excluding hydrogens is 304 g/mol. The molecule has 2 rings (SSSR count). The molecule has 0 bridgehead atoms. The van der Waals surface area contributed by atoms with Crippen LogP contribution in [0.1, 0.15) is 5.69 Å². The van der Waals surface area contributed by atoms with E-state index in [4.69, 9.17) is 11.6 Å². The van der Waals surface area contributed by atoms with Crippen molar-refractivity contribution in [2.45, 2.75) is 20.1 Å². The van der Waals surface area contributed by atoms with Crippen LogP contribution >= 0.6 is 11.6 Å². The molecule has 1 N–H and O–H groups in total. The van der Waals surface area contributed by atoms with E-state index < -0.39 is 6.61 Å². The minimum absolute atomic E-state index is 0.0111. The molecule has 21 heavy (non-hydrogen) atoms. The first-order valence-electron chi connectivity index (χ1n) is 5.98. The van der Waals surface area contributed by atoms with Gasteiger partial charge in [0.1, 0.15) is 12.3 Å². The van der Waals surface area contributed by atoms with Gasteiger partial charge < -0.3 is 10.1 Å². The summed E-state index contributed by atoms with van der Waals surface area (Å²) in [6.45, 7) is -1.09. The van der Waals surface area contributed by atoms with Crippen LogP contribution in [-0.4, -0.2) is 22.3 Å². The van der Waals surface area contributed by atoms with E-state index >= 15 is 0 Å². The number of benzene rings is 1. The van der Waals surface area contributed by atoms with Gasteiger partial charge in [-0.1, -0.05) is 11.6 Å². The maximum atomic E-state index is 12.1. The SMILES string of the molecule is Cc1ccn(CC(=O)Nc2ccc(OC(F)F)c(Cl)c2)n1. The van der Waals surface area contributed by atoms with Crippen LogP contribution in [0.5, 0.6) is 5.75 Å². The van der Waals surface area contributed by atoms with Gasteiger partial charge in [0.15, 0.2) is 0 Å². The lowest BCUT2D eigenvalue weighted by atomic mass is 10.3. The van der Waals surface area contributed by atoms with E-state index in [2.05, 4.69) is 15.2 Å². The second-order valence-corrected chi connectivity index (χ2v) is 4.63. The Labute approximate surface area is 124 Å². The maximum Gasteiger partial charge on any atom is 0.387 e. The molecule has 1 amide bonds. The minimum atomic E-state index is -2.95. The smallest absolute Gasteiger partial charge is 0.387 e. The highest BCUT2D eigenvalue weighted by molar-refractivity contribution is 6.32. The molecule has 0 saturated carbocycles. The average molecular weight is 316 g/mol. The molecule has 1 aromatic carbocycles. The van der Waals surface area contributed by atoms with Crippen LogP contribution in [0.15, 0.2) is 30.5 Å². The summed E-state index contributed by atoms with van der Waals surface area (Å²) < 4.78 is 29.9. The van der Waals surface area contributed by atoms with Gasteiger partial charge in [-0.3, -0.25) is 9.48 Å². The Bertz CT molecular complexity index is 646. The van der Waals surface area contributed by atoms with Crippen LogP contribution < -0.4 is 10.1 Å². The number of carbonyl (C=O) groups is 1. The number of alkyl halides is 2. The normalized spacial score (nSPS) is 10.7. The van der Waals surface area contributed by atoms with E-state index in [9.17, 15) is 13.6 Å². The number of amides is 1. The number of anilines is 1. The Hall–Kier alpha value is -2.15. The molecule has 1 heterocycles. The molecule has 0 radical (unpaired) electrons. The van der Waals surface area contributed by atoms with Gasteiger partial charge in [-0.05, 0) is 31.2 Å². The van der Waals surface area contributed by atoms with Gasteiger partial charge in [0.05, 0.1) is 10.7 Å². The Morgan fingerprint density at radius 3 is 2.81 bits per heavy atom. The fraction of sp³-hybridized carbons (Fsp3) is 0.231. The number of aryl methyl sites for hydroxylation is 1. The molecule has 0 unspecified atom stereocenters. The first kappa shape index (κ1) is 15.2. The zero-order valence-corrected chi connectivity index (χ0v) is 11.8. The summed E-state index contributed by atoms with van der Waals surface area (Å²) in [6.07, 6.45) is 1.68. The Morgan fingerprint density at radius 1 is 1.48 bits per heavy atom. The third-order valence-corrected chi connectivity index (χ3v) is 2.81. The standard InChI is InChI=1S/C13H12ClF2N3O2/c1-8-4-5-19(18-8)7-12(20)17-9-2-3-11(10(14)6-9)21-13(15)16/h2-6,13H,7H2,1H3,(H,17,20). The number of nitrogens with zero attached hydrogens (tertiary/aromatic N) is 2. The lowest BCUT2D eigenvalue weighted by Crippen LogP contribution is -2.19. The fourth-order valence-electron chi connectivity index (χ4n) is 1.67. The van der Waals surface area contributed by atoms with Crippen molar-refractivity contribution < 1.29 is 18.3 Å². The Morgan fingerprint density at radius 2 is 2.24 bits per heavy atom. The summed E-state index contributed by atoms with van der Waals surface area (Å²) in [5.41, 5.74) is 1.19. The lowest BCUT2D eigenvalue weighted by molar-refractivity contribution is -0.116. The third kappa shape index (κ3) is 4.42. The minimum Gasteiger partial charge on any atom is -0.433 e. The van der Waals surface area contributed by atoms with E-state index in [1.54, 1.807) is 12.3 Å². The van der Waals surface area contributed by atoms with E-state index in [0.29, 0.717) is 5.69 Å². The van der Waals surface area contributed by atoms with Crippen molar-refractivity contribution in [1.29, 1.82) is 0 Å². The molecule has 0 aliphatic rings. The molecular formula is C13H12ClF2N3O2. The van der Waals surface area contributed by atoms with Crippen molar-refractivity contribution in [2.24, 2.45) is 0 Å². The second kappa shape index (κ2) is 6.53. The zero-order chi connectivity index (χ0) is 15.4. The quantitative estimate of drug-likeness (QED) is 0.922. The number of carbonyl (C=O) groups excluding carboxylic acids is 1. The van der Waals surface area contributed by atoms with Crippen LogP contribution in [0.25, 0.3) is 0 Å². The van der Waals surface area contributed by atoms with Gasteiger partial charge >= 0.3 is 6.61 Å². The lowest BCUT2D eigenvalue weighted by Gasteiger charge is -2.09. The van der Waals surface area contributed by atoms with Crippen LogP contribution in [0.2, 0.25) is 5.02 Å². The predicted octanol–water partition coefficient (Wildman–Crippen LogP) is 3.09. The first-order chi connectivity index (χ1) is 9.94. The molecule has 0 spiro atoms. The van der Waals surface area contributed by atoms with Crippen LogP contribution in [-0.2, 0) is 11.3 Å². The van der Waals surface area contributed by atoms with Crippen molar-refractivity contribution in [3.05, 3.63) is 41.2 Å². The molecule has 1 aromatic heterocycles. The molecule has 0 fully saturated rings. The maximum absolute atomic E-state index is 12.1. The van der Waals surface area contributed by atoms with Crippen LogP contribution in [0, 0.1) is 6.92 Å². The molecule has 2 aromatic rings. The molecule has 0 atom stereocenters. The number of ether oxygens (including phenoxy) is 1. The fourth-order valence-corrected chi connectivity index (χ4v) is 1.89. The molecule has 0 aliphatic carbocycles. The number of hydrogen-bond acceptors (Lipinski definition) is 3. The Kier molecular flexibility index (Phi) is 4.74. The van der Waals surface area contributed by atoms with Crippen molar-refractivity contribution in [1.82, 2.24) is 9.78 Å².